The summed E-state index contributed by atoms with van der Waals surface area (Å²) in [6.07, 6.45) is 1.95. The minimum absolute atomic E-state index is 0.0598. The Bertz CT molecular complexity index is 789. The Morgan fingerprint density at radius 1 is 1.09 bits per heavy atom. The molecule has 23 heavy (non-hydrogen) atoms. The van der Waals surface area contributed by atoms with Gasteiger partial charge in [0.1, 0.15) is 13.3 Å². The average molecular weight is 327 g/mol. The predicted octanol–water partition coefficient (Wildman–Crippen LogP) is 4.47. The molecule has 0 unspecified atom stereocenters. The quantitative estimate of drug-likeness (QED) is 0.462. The lowest BCUT2D eigenvalue weighted by Crippen LogP contribution is -2.30. The summed E-state index contributed by atoms with van der Waals surface area (Å²) in [6.45, 7) is 4.47. The molecule has 4 heteroatoms. The van der Waals surface area contributed by atoms with Gasteiger partial charge in [0.25, 0.3) is 0 Å². The summed E-state index contributed by atoms with van der Waals surface area (Å²) in [4.78, 5) is 0. The minimum atomic E-state index is -0.0598. The fraction of sp³-hybridized carbons (Fsp3) is 0.263. The number of halogens is 1. The Balaban J connectivity index is 1.91. The van der Waals surface area contributed by atoms with E-state index in [9.17, 15) is 0 Å². The monoisotopic (exact) mass is 326 g/mol. The maximum Gasteiger partial charge on any atom is 0.212 e. The molecule has 0 spiro atoms. The number of rotatable bonds is 3. The van der Waals surface area contributed by atoms with Crippen molar-refractivity contribution in [1.82, 2.24) is 0 Å². The number of hydrogen-bond acceptors (Lipinski definition) is 2. The van der Waals surface area contributed by atoms with Crippen LogP contribution in [-0.2, 0) is 5.41 Å². The van der Waals surface area contributed by atoms with Crippen molar-refractivity contribution < 1.29 is 4.58 Å². The SMILES string of the molecule is CN(/N=C/C1=[N+](C)c2ccccc2C1(C)C)c1ccc(Cl)cc1. The third kappa shape index (κ3) is 2.77. The van der Waals surface area contributed by atoms with Crippen LogP contribution in [0.3, 0.4) is 0 Å². The van der Waals surface area contributed by atoms with E-state index < -0.39 is 0 Å². The summed E-state index contributed by atoms with van der Waals surface area (Å²) >= 11 is 5.94. The molecule has 118 valence electrons. The highest BCUT2D eigenvalue weighted by atomic mass is 35.5. The molecule has 2 aromatic carbocycles. The summed E-state index contributed by atoms with van der Waals surface area (Å²) in [5.41, 5.74) is 4.70. The molecule has 3 rings (SSSR count). The third-order valence-electron chi connectivity index (χ3n) is 4.49. The summed E-state index contributed by atoms with van der Waals surface area (Å²) in [7, 11) is 4.03. The Kier molecular flexibility index (Phi) is 3.99. The van der Waals surface area contributed by atoms with E-state index in [2.05, 4.69) is 54.8 Å². The van der Waals surface area contributed by atoms with Crippen LogP contribution in [0.2, 0.25) is 5.02 Å². The van der Waals surface area contributed by atoms with Crippen molar-refractivity contribution in [3.8, 4) is 0 Å². The zero-order chi connectivity index (χ0) is 16.6. The summed E-state index contributed by atoms with van der Waals surface area (Å²) in [6, 6.07) is 16.2. The van der Waals surface area contributed by atoms with Crippen molar-refractivity contribution in [2.75, 3.05) is 19.1 Å². The molecule has 0 aromatic heterocycles. The van der Waals surface area contributed by atoms with Crippen molar-refractivity contribution in [1.29, 1.82) is 0 Å². The molecule has 0 amide bonds. The van der Waals surface area contributed by atoms with E-state index in [4.69, 9.17) is 11.6 Å². The summed E-state index contributed by atoms with van der Waals surface area (Å²) < 4.78 is 2.22. The van der Waals surface area contributed by atoms with E-state index in [1.54, 1.807) is 0 Å². The van der Waals surface area contributed by atoms with Gasteiger partial charge in [0.05, 0.1) is 11.1 Å². The Morgan fingerprint density at radius 3 is 2.39 bits per heavy atom. The first-order valence-corrected chi connectivity index (χ1v) is 8.03. The second-order valence-electron chi connectivity index (χ2n) is 6.33. The van der Waals surface area contributed by atoms with Crippen LogP contribution in [0.15, 0.2) is 53.6 Å². The van der Waals surface area contributed by atoms with Gasteiger partial charge >= 0.3 is 0 Å². The normalized spacial score (nSPS) is 16.0. The molecule has 0 radical (unpaired) electrons. The highest BCUT2D eigenvalue weighted by Gasteiger charge is 2.43. The Morgan fingerprint density at radius 2 is 1.74 bits per heavy atom. The highest BCUT2D eigenvalue weighted by molar-refractivity contribution is 6.33. The van der Waals surface area contributed by atoms with Crippen molar-refractivity contribution in [2.24, 2.45) is 5.10 Å². The van der Waals surface area contributed by atoms with E-state index in [0.717, 1.165) is 10.7 Å². The van der Waals surface area contributed by atoms with E-state index in [-0.39, 0.29) is 5.41 Å². The smallest absolute Gasteiger partial charge is 0.212 e. The lowest BCUT2D eigenvalue weighted by Gasteiger charge is -2.16. The molecule has 1 heterocycles. The van der Waals surface area contributed by atoms with Gasteiger partial charge in [-0.05, 0) is 38.1 Å². The maximum absolute atomic E-state index is 5.94. The fourth-order valence-electron chi connectivity index (χ4n) is 3.09. The number of para-hydroxylation sites is 1. The van der Waals surface area contributed by atoms with Crippen LogP contribution in [0.25, 0.3) is 0 Å². The topological polar surface area (TPSA) is 18.6 Å². The predicted molar refractivity (Wildman–Crippen MR) is 98.7 cm³/mol. The van der Waals surface area contributed by atoms with Crippen LogP contribution in [0.4, 0.5) is 11.4 Å². The van der Waals surface area contributed by atoms with E-state index in [1.807, 2.05) is 42.5 Å². The molecule has 3 nitrogen and oxygen atoms in total. The van der Waals surface area contributed by atoms with Gasteiger partial charge in [0, 0.05) is 23.7 Å². The van der Waals surface area contributed by atoms with Gasteiger partial charge in [-0.15, -0.1) is 0 Å². The number of nitrogens with zero attached hydrogens (tertiary/aromatic N) is 3. The van der Waals surface area contributed by atoms with Crippen molar-refractivity contribution in [3.63, 3.8) is 0 Å². The van der Waals surface area contributed by atoms with Crippen molar-refractivity contribution in [3.05, 3.63) is 59.1 Å². The molecule has 0 N–H and O–H groups in total. The number of hydrazone groups is 1. The van der Waals surface area contributed by atoms with Gasteiger partial charge in [-0.2, -0.15) is 9.68 Å². The van der Waals surface area contributed by atoms with Crippen LogP contribution in [0.1, 0.15) is 19.4 Å². The molecular weight excluding hydrogens is 306 g/mol. The van der Waals surface area contributed by atoms with Crippen LogP contribution < -0.4 is 5.01 Å². The molecule has 0 fully saturated rings. The zero-order valence-corrected chi connectivity index (χ0v) is 14.7. The average Bonchev–Trinajstić information content (AvgIpc) is 2.73. The third-order valence-corrected chi connectivity index (χ3v) is 4.75. The molecule has 2 aromatic rings. The minimum Gasteiger partial charge on any atom is -0.268 e. The van der Waals surface area contributed by atoms with Gasteiger partial charge in [-0.25, -0.2) is 0 Å². The van der Waals surface area contributed by atoms with Crippen LogP contribution >= 0.6 is 11.6 Å². The maximum atomic E-state index is 5.94. The number of anilines is 1. The number of hydrogen-bond donors (Lipinski definition) is 0. The molecule has 1 aliphatic heterocycles. The van der Waals surface area contributed by atoms with Gasteiger partial charge < -0.3 is 0 Å². The lowest BCUT2D eigenvalue weighted by molar-refractivity contribution is -0.400. The van der Waals surface area contributed by atoms with Gasteiger partial charge in [-0.3, -0.25) is 5.01 Å². The van der Waals surface area contributed by atoms with E-state index in [0.29, 0.717) is 0 Å². The zero-order valence-electron chi connectivity index (χ0n) is 13.9. The molecule has 0 bridgehead atoms. The van der Waals surface area contributed by atoms with Crippen LogP contribution in [0, 0.1) is 0 Å². The van der Waals surface area contributed by atoms with Crippen molar-refractivity contribution >= 4 is 34.9 Å². The summed E-state index contributed by atoms with van der Waals surface area (Å²) in [5.74, 6) is 0. The molecule has 0 atom stereocenters. The van der Waals surface area contributed by atoms with Gasteiger partial charge in [0.15, 0.2) is 0 Å². The molecule has 1 aliphatic rings. The van der Waals surface area contributed by atoms with Crippen molar-refractivity contribution in [2.45, 2.75) is 19.3 Å². The molecule has 0 saturated carbocycles. The lowest BCUT2D eigenvalue weighted by atomic mass is 9.82. The highest BCUT2D eigenvalue weighted by Crippen LogP contribution is 2.38. The van der Waals surface area contributed by atoms with Gasteiger partial charge in [0.2, 0.25) is 11.4 Å². The first-order chi connectivity index (χ1) is 10.9. The first-order valence-electron chi connectivity index (χ1n) is 7.65. The standard InChI is InChI=1S/C19H21ClN3/c1-19(2)16-7-5-6-8-17(16)22(3)18(19)13-21-23(4)15-11-9-14(20)10-12-15/h5-13H,1-4H3/q+1. The second kappa shape index (κ2) is 5.82. The molecule has 0 aliphatic carbocycles. The second-order valence-corrected chi connectivity index (χ2v) is 6.77. The fourth-order valence-corrected chi connectivity index (χ4v) is 3.22. The van der Waals surface area contributed by atoms with Crippen LogP contribution in [-0.4, -0.2) is 30.6 Å². The number of fused-ring (bicyclic) bond motifs is 1. The largest absolute Gasteiger partial charge is 0.268 e. The Hall–Kier alpha value is -2.13. The van der Waals surface area contributed by atoms with Crippen LogP contribution in [0.5, 0.6) is 0 Å². The first kappa shape index (κ1) is 15.8. The van der Waals surface area contributed by atoms with Gasteiger partial charge in [-0.1, -0.05) is 29.8 Å². The van der Waals surface area contributed by atoms with E-state index >= 15 is 0 Å². The summed E-state index contributed by atoms with van der Waals surface area (Å²) in [5, 5.41) is 7.21. The molecular formula is C19H21ClN3+. The van der Waals surface area contributed by atoms with E-state index in [1.165, 1.54) is 17.0 Å². The Labute approximate surface area is 142 Å². The number of benzene rings is 2. The molecule has 0 saturated heterocycles.